The van der Waals surface area contributed by atoms with Crippen LogP contribution in [0.4, 0.5) is 0 Å². The van der Waals surface area contributed by atoms with Gasteiger partial charge in [-0.3, -0.25) is 14.2 Å². The molecule has 6 nitrogen and oxygen atoms in total. The van der Waals surface area contributed by atoms with Crippen LogP contribution in [0.2, 0.25) is 0 Å². The van der Waals surface area contributed by atoms with Crippen molar-refractivity contribution < 1.29 is 14.6 Å². The first kappa shape index (κ1) is 14.0. The highest BCUT2D eigenvalue weighted by Crippen LogP contribution is 2.15. The zero-order valence-corrected chi connectivity index (χ0v) is 11.4. The van der Waals surface area contributed by atoms with Gasteiger partial charge in [0.15, 0.2) is 4.77 Å². The molecular formula is C13H12N2O4S. The van der Waals surface area contributed by atoms with E-state index in [1.54, 1.807) is 24.3 Å². The van der Waals surface area contributed by atoms with Crippen LogP contribution >= 0.6 is 12.2 Å². The maximum absolute atomic E-state index is 12.3. The summed E-state index contributed by atoms with van der Waals surface area (Å²) in [6, 6.07) is 6.80. The van der Waals surface area contributed by atoms with Gasteiger partial charge in [-0.15, -0.1) is 0 Å². The van der Waals surface area contributed by atoms with E-state index in [2.05, 4.69) is 4.98 Å². The fourth-order valence-corrected chi connectivity index (χ4v) is 2.03. The molecule has 0 aliphatic rings. The molecule has 0 saturated heterocycles. The van der Waals surface area contributed by atoms with Crippen molar-refractivity contribution in [1.82, 2.24) is 9.55 Å². The quantitative estimate of drug-likeness (QED) is 0.835. The van der Waals surface area contributed by atoms with Crippen molar-refractivity contribution in [1.29, 1.82) is 0 Å². The predicted octanol–water partition coefficient (Wildman–Crippen LogP) is 1.53. The Morgan fingerprint density at radius 2 is 2.25 bits per heavy atom. The van der Waals surface area contributed by atoms with Gasteiger partial charge in [0.25, 0.3) is 5.56 Å². The van der Waals surface area contributed by atoms with Crippen LogP contribution < -0.4 is 10.3 Å². The molecule has 0 bridgehead atoms. The Balaban J connectivity index is 2.63. The Kier molecular flexibility index (Phi) is 3.99. The van der Waals surface area contributed by atoms with Gasteiger partial charge in [-0.25, -0.2) is 0 Å². The lowest BCUT2D eigenvalue weighted by molar-refractivity contribution is -0.136. The number of rotatable bonds is 4. The summed E-state index contributed by atoms with van der Waals surface area (Å²) in [5, 5.41) is 8.80. The van der Waals surface area contributed by atoms with Gasteiger partial charge in [0, 0.05) is 17.8 Å². The first-order chi connectivity index (χ1) is 9.52. The number of aliphatic carboxylic acids is 1. The summed E-state index contributed by atoms with van der Waals surface area (Å²) < 4.78 is 6.54. The van der Waals surface area contributed by atoms with E-state index in [1.807, 2.05) is 0 Å². The molecule has 2 N–H and O–H groups in total. The van der Waals surface area contributed by atoms with Gasteiger partial charge in [0.05, 0.1) is 19.2 Å². The van der Waals surface area contributed by atoms with Gasteiger partial charge < -0.3 is 14.8 Å². The lowest BCUT2D eigenvalue weighted by Crippen LogP contribution is -2.25. The fraction of sp³-hybridized carbons (Fsp3) is 0.154. The number of nitrogens with one attached hydrogen (secondary N) is 1. The standard InChI is InChI=1S/C13H12N2O4S/c1-19-10-4-2-3-9(6-10)15-12(18)8(5-11(16)17)7-14-13(15)20/h2-4,6-7H,5H2,1H3,(H,14,20)(H,16,17). The molecule has 1 heterocycles. The third-order valence-corrected chi connectivity index (χ3v) is 3.00. The highest BCUT2D eigenvalue weighted by molar-refractivity contribution is 7.71. The fourth-order valence-electron chi connectivity index (χ4n) is 1.78. The molecule has 0 spiro atoms. The lowest BCUT2D eigenvalue weighted by Gasteiger charge is -2.09. The monoisotopic (exact) mass is 292 g/mol. The minimum atomic E-state index is -1.08. The van der Waals surface area contributed by atoms with E-state index < -0.39 is 11.5 Å². The van der Waals surface area contributed by atoms with E-state index in [-0.39, 0.29) is 16.8 Å². The van der Waals surface area contributed by atoms with Gasteiger partial charge >= 0.3 is 5.97 Å². The molecule has 0 radical (unpaired) electrons. The largest absolute Gasteiger partial charge is 0.497 e. The average molecular weight is 292 g/mol. The van der Waals surface area contributed by atoms with Crippen LogP contribution in [0.15, 0.2) is 35.3 Å². The molecule has 104 valence electrons. The van der Waals surface area contributed by atoms with E-state index in [0.29, 0.717) is 11.4 Å². The molecule has 0 aliphatic heterocycles. The number of carbonyl (C=O) groups is 1. The van der Waals surface area contributed by atoms with Crippen molar-refractivity contribution in [2.75, 3.05) is 7.11 Å². The molecule has 1 aromatic carbocycles. The van der Waals surface area contributed by atoms with Crippen LogP contribution in [-0.2, 0) is 11.2 Å². The maximum Gasteiger partial charge on any atom is 0.308 e. The molecule has 0 atom stereocenters. The molecule has 0 unspecified atom stereocenters. The number of aromatic nitrogens is 2. The summed E-state index contributed by atoms with van der Waals surface area (Å²) in [6.45, 7) is 0. The van der Waals surface area contributed by atoms with Crippen molar-refractivity contribution in [2.45, 2.75) is 6.42 Å². The number of H-pyrrole nitrogens is 1. The average Bonchev–Trinajstić information content (AvgIpc) is 2.42. The number of carboxylic acid groups (broad SMARTS) is 1. The van der Waals surface area contributed by atoms with Gasteiger partial charge in [-0.05, 0) is 24.4 Å². The minimum Gasteiger partial charge on any atom is -0.497 e. The number of carboxylic acids is 1. The van der Waals surface area contributed by atoms with Crippen LogP contribution in [0.1, 0.15) is 5.56 Å². The second-order valence-corrected chi connectivity index (χ2v) is 4.42. The molecule has 0 aliphatic carbocycles. The summed E-state index contributed by atoms with van der Waals surface area (Å²) in [5.41, 5.74) is 0.196. The molecule has 0 amide bonds. The summed E-state index contributed by atoms with van der Waals surface area (Å²) in [4.78, 5) is 25.8. The first-order valence-corrected chi connectivity index (χ1v) is 6.13. The van der Waals surface area contributed by atoms with E-state index in [9.17, 15) is 9.59 Å². The van der Waals surface area contributed by atoms with E-state index in [4.69, 9.17) is 22.1 Å². The molecule has 20 heavy (non-hydrogen) atoms. The molecular weight excluding hydrogens is 280 g/mol. The summed E-state index contributed by atoms with van der Waals surface area (Å²) in [5.74, 6) is -0.503. The number of aromatic amines is 1. The van der Waals surface area contributed by atoms with Crippen molar-refractivity contribution in [3.8, 4) is 11.4 Å². The maximum atomic E-state index is 12.3. The van der Waals surface area contributed by atoms with Crippen molar-refractivity contribution in [3.05, 3.63) is 51.2 Å². The van der Waals surface area contributed by atoms with E-state index >= 15 is 0 Å². The van der Waals surface area contributed by atoms with Crippen LogP contribution in [0, 0.1) is 4.77 Å². The number of benzene rings is 1. The number of hydrogen-bond acceptors (Lipinski definition) is 4. The summed E-state index contributed by atoms with van der Waals surface area (Å²) >= 11 is 5.09. The molecule has 0 saturated carbocycles. The highest BCUT2D eigenvalue weighted by Gasteiger charge is 2.11. The van der Waals surface area contributed by atoms with Gasteiger partial charge in [0.1, 0.15) is 5.75 Å². The summed E-state index contributed by atoms with van der Waals surface area (Å²) in [6.07, 6.45) is 0.963. The zero-order chi connectivity index (χ0) is 14.7. The van der Waals surface area contributed by atoms with Crippen LogP contribution in [0.3, 0.4) is 0 Å². The second kappa shape index (κ2) is 5.70. The number of nitrogens with zero attached hydrogens (tertiary/aromatic N) is 1. The van der Waals surface area contributed by atoms with Gasteiger partial charge in [-0.2, -0.15) is 0 Å². The van der Waals surface area contributed by atoms with Gasteiger partial charge in [-0.1, -0.05) is 6.07 Å². The minimum absolute atomic E-state index is 0.133. The third kappa shape index (κ3) is 2.77. The zero-order valence-electron chi connectivity index (χ0n) is 10.6. The van der Waals surface area contributed by atoms with Crippen molar-refractivity contribution >= 4 is 18.2 Å². The topological polar surface area (TPSA) is 84.3 Å². The Bertz CT molecular complexity index is 763. The van der Waals surface area contributed by atoms with Crippen molar-refractivity contribution in [3.63, 3.8) is 0 Å². The second-order valence-electron chi connectivity index (χ2n) is 4.03. The first-order valence-electron chi connectivity index (χ1n) is 5.72. The van der Waals surface area contributed by atoms with Gasteiger partial charge in [0.2, 0.25) is 0 Å². The van der Waals surface area contributed by atoms with E-state index in [0.717, 1.165) is 0 Å². The number of methoxy groups -OCH3 is 1. The smallest absolute Gasteiger partial charge is 0.308 e. The molecule has 1 aromatic heterocycles. The lowest BCUT2D eigenvalue weighted by atomic mass is 10.2. The third-order valence-electron chi connectivity index (χ3n) is 2.70. The Morgan fingerprint density at radius 1 is 1.50 bits per heavy atom. The number of ether oxygens (including phenoxy) is 1. The van der Waals surface area contributed by atoms with Crippen LogP contribution in [0.25, 0.3) is 5.69 Å². The van der Waals surface area contributed by atoms with Crippen LogP contribution in [0.5, 0.6) is 5.75 Å². The summed E-state index contributed by atoms with van der Waals surface area (Å²) in [7, 11) is 1.52. The highest BCUT2D eigenvalue weighted by atomic mass is 32.1. The molecule has 2 aromatic rings. The Labute approximate surface area is 119 Å². The molecule has 7 heteroatoms. The SMILES string of the molecule is COc1cccc(-n2c(=S)[nH]cc(CC(=O)O)c2=O)c1. The number of hydrogen-bond donors (Lipinski definition) is 2. The van der Waals surface area contributed by atoms with E-state index in [1.165, 1.54) is 17.9 Å². The normalized spacial score (nSPS) is 10.2. The van der Waals surface area contributed by atoms with Crippen LogP contribution in [-0.4, -0.2) is 27.7 Å². The van der Waals surface area contributed by atoms with Crippen molar-refractivity contribution in [2.24, 2.45) is 0 Å². The molecule has 0 fully saturated rings. The molecule has 2 rings (SSSR count). The Morgan fingerprint density at radius 3 is 2.90 bits per heavy atom. The predicted molar refractivity (Wildman–Crippen MR) is 75.1 cm³/mol. The Hall–Kier alpha value is -2.41.